The van der Waals surface area contributed by atoms with Gasteiger partial charge in [0.1, 0.15) is 5.82 Å². The van der Waals surface area contributed by atoms with E-state index < -0.39 is 0 Å². The van der Waals surface area contributed by atoms with Gasteiger partial charge in [0.2, 0.25) is 5.95 Å². The molecule has 0 fully saturated rings. The fourth-order valence-corrected chi connectivity index (χ4v) is 1.72. The second kappa shape index (κ2) is 5.05. The molecule has 5 nitrogen and oxygen atoms in total. The van der Waals surface area contributed by atoms with E-state index in [1.165, 1.54) is 0 Å². The Labute approximate surface area is 101 Å². The van der Waals surface area contributed by atoms with E-state index in [9.17, 15) is 0 Å². The maximum Gasteiger partial charge on any atom is 0.235 e. The van der Waals surface area contributed by atoms with Crippen LogP contribution < -0.4 is 5.73 Å². The third kappa shape index (κ3) is 2.34. The van der Waals surface area contributed by atoms with Gasteiger partial charge in [-0.05, 0) is 13.3 Å². The van der Waals surface area contributed by atoms with Gasteiger partial charge in [0.15, 0.2) is 0 Å². The summed E-state index contributed by atoms with van der Waals surface area (Å²) >= 11 is 0. The van der Waals surface area contributed by atoms with Crippen LogP contribution >= 0.6 is 0 Å². The molecule has 2 heterocycles. The van der Waals surface area contributed by atoms with Crippen molar-refractivity contribution in [1.29, 1.82) is 0 Å². The molecule has 0 unspecified atom stereocenters. The van der Waals surface area contributed by atoms with E-state index in [-0.39, 0.29) is 0 Å². The zero-order valence-electron chi connectivity index (χ0n) is 10.2. The molecule has 90 valence electrons. The number of imidazole rings is 1. The number of aromatic nitrogens is 4. The van der Waals surface area contributed by atoms with Crippen LogP contribution in [0.3, 0.4) is 0 Å². The van der Waals surface area contributed by atoms with Crippen LogP contribution in [-0.2, 0) is 13.0 Å². The molecule has 0 aromatic carbocycles. The van der Waals surface area contributed by atoms with Crippen LogP contribution in [0.5, 0.6) is 0 Å². The predicted molar refractivity (Wildman–Crippen MR) is 65.8 cm³/mol. The Bertz CT molecular complexity index is 503. The van der Waals surface area contributed by atoms with Crippen LogP contribution in [0, 0.1) is 6.92 Å². The molecular weight excluding hydrogens is 214 g/mol. The Kier molecular flexibility index (Phi) is 3.49. The minimum atomic E-state index is 0.470. The SMILES string of the molecule is CCCc1nccn1-c1ncc(CN)c(C)n1. The molecule has 0 bridgehead atoms. The first-order valence-electron chi connectivity index (χ1n) is 5.81. The molecule has 2 N–H and O–H groups in total. The summed E-state index contributed by atoms with van der Waals surface area (Å²) in [6, 6.07) is 0. The van der Waals surface area contributed by atoms with E-state index in [4.69, 9.17) is 5.73 Å². The second-order valence-electron chi connectivity index (χ2n) is 3.95. The number of aryl methyl sites for hydroxylation is 2. The number of nitrogens with zero attached hydrogens (tertiary/aromatic N) is 4. The molecule has 5 heteroatoms. The summed E-state index contributed by atoms with van der Waals surface area (Å²) in [6.07, 6.45) is 7.43. The van der Waals surface area contributed by atoms with Crippen LogP contribution in [0.15, 0.2) is 18.6 Å². The summed E-state index contributed by atoms with van der Waals surface area (Å²) in [5, 5.41) is 0. The molecule has 0 aliphatic carbocycles. The summed E-state index contributed by atoms with van der Waals surface area (Å²) in [4.78, 5) is 13.1. The van der Waals surface area contributed by atoms with E-state index >= 15 is 0 Å². The van der Waals surface area contributed by atoms with Crippen molar-refractivity contribution in [2.45, 2.75) is 33.2 Å². The molecule has 0 saturated heterocycles. The zero-order valence-corrected chi connectivity index (χ0v) is 10.2. The van der Waals surface area contributed by atoms with E-state index in [0.29, 0.717) is 12.5 Å². The van der Waals surface area contributed by atoms with Gasteiger partial charge in [-0.3, -0.25) is 4.57 Å². The highest BCUT2D eigenvalue weighted by molar-refractivity contribution is 5.23. The smallest absolute Gasteiger partial charge is 0.235 e. The molecule has 0 aliphatic heterocycles. The molecule has 0 saturated carbocycles. The van der Waals surface area contributed by atoms with E-state index in [1.54, 1.807) is 12.4 Å². The minimum Gasteiger partial charge on any atom is -0.326 e. The van der Waals surface area contributed by atoms with Crippen molar-refractivity contribution in [3.05, 3.63) is 35.7 Å². The Hall–Kier alpha value is -1.75. The monoisotopic (exact) mass is 231 g/mol. The van der Waals surface area contributed by atoms with Crippen LogP contribution in [0.25, 0.3) is 5.95 Å². The second-order valence-corrected chi connectivity index (χ2v) is 3.95. The van der Waals surface area contributed by atoms with Gasteiger partial charge in [-0.25, -0.2) is 15.0 Å². The maximum absolute atomic E-state index is 5.60. The Balaban J connectivity index is 2.39. The highest BCUT2D eigenvalue weighted by atomic mass is 15.2. The number of nitrogens with two attached hydrogens (primary N) is 1. The fourth-order valence-electron chi connectivity index (χ4n) is 1.72. The number of hydrogen-bond acceptors (Lipinski definition) is 4. The standard InChI is InChI=1S/C12H17N5/c1-3-4-11-14-5-6-17(11)12-15-8-10(7-13)9(2)16-12/h5-6,8H,3-4,7,13H2,1-2H3. The van der Waals surface area contributed by atoms with E-state index in [2.05, 4.69) is 21.9 Å². The maximum atomic E-state index is 5.60. The molecule has 2 rings (SSSR count). The van der Waals surface area contributed by atoms with Gasteiger partial charge in [-0.1, -0.05) is 6.92 Å². The normalized spacial score (nSPS) is 10.8. The number of hydrogen-bond donors (Lipinski definition) is 1. The lowest BCUT2D eigenvalue weighted by Gasteiger charge is -2.07. The fraction of sp³-hybridized carbons (Fsp3) is 0.417. The van der Waals surface area contributed by atoms with E-state index in [0.717, 1.165) is 29.9 Å². The quantitative estimate of drug-likeness (QED) is 0.863. The van der Waals surface area contributed by atoms with Crippen molar-refractivity contribution in [3.63, 3.8) is 0 Å². The van der Waals surface area contributed by atoms with Gasteiger partial charge < -0.3 is 5.73 Å². The average Bonchev–Trinajstić information content (AvgIpc) is 2.78. The van der Waals surface area contributed by atoms with Crippen molar-refractivity contribution in [1.82, 2.24) is 19.5 Å². The summed E-state index contributed by atoms with van der Waals surface area (Å²) in [7, 11) is 0. The summed E-state index contributed by atoms with van der Waals surface area (Å²) < 4.78 is 1.93. The molecule has 17 heavy (non-hydrogen) atoms. The van der Waals surface area contributed by atoms with Crippen molar-refractivity contribution in [2.24, 2.45) is 5.73 Å². The summed E-state index contributed by atoms with van der Waals surface area (Å²) in [5.41, 5.74) is 7.50. The van der Waals surface area contributed by atoms with Crippen LogP contribution in [0.2, 0.25) is 0 Å². The van der Waals surface area contributed by atoms with Crippen molar-refractivity contribution >= 4 is 0 Å². The molecule has 0 spiro atoms. The van der Waals surface area contributed by atoms with Gasteiger partial charge in [0, 0.05) is 42.8 Å². The largest absolute Gasteiger partial charge is 0.326 e. The highest BCUT2D eigenvalue weighted by Crippen LogP contribution is 2.10. The lowest BCUT2D eigenvalue weighted by Crippen LogP contribution is -2.09. The van der Waals surface area contributed by atoms with Crippen LogP contribution in [-0.4, -0.2) is 19.5 Å². The molecule has 0 atom stereocenters. The average molecular weight is 231 g/mol. The predicted octanol–water partition coefficient (Wildman–Crippen LogP) is 1.38. The molecule has 0 aliphatic rings. The first-order chi connectivity index (χ1) is 8.26. The molecule has 2 aromatic heterocycles. The topological polar surface area (TPSA) is 69.6 Å². The Morgan fingerprint density at radius 2 is 2.18 bits per heavy atom. The molecule has 0 radical (unpaired) electrons. The number of rotatable bonds is 4. The van der Waals surface area contributed by atoms with Gasteiger partial charge in [-0.15, -0.1) is 0 Å². The third-order valence-electron chi connectivity index (χ3n) is 2.69. The molecular formula is C12H17N5. The Morgan fingerprint density at radius 1 is 1.35 bits per heavy atom. The van der Waals surface area contributed by atoms with Crippen molar-refractivity contribution < 1.29 is 0 Å². The minimum absolute atomic E-state index is 0.470. The summed E-state index contributed by atoms with van der Waals surface area (Å²) in [6.45, 7) is 4.55. The van der Waals surface area contributed by atoms with E-state index in [1.807, 2.05) is 17.7 Å². The first kappa shape index (κ1) is 11.7. The molecule has 2 aromatic rings. The van der Waals surface area contributed by atoms with Crippen LogP contribution in [0.4, 0.5) is 0 Å². The lowest BCUT2D eigenvalue weighted by molar-refractivity contribution is 0.774. The zero-order chi connectivity index (χ0) is 12.3. The first-order valence-corrected chi connectivity index (χ1v) is 5.81. The lowest BCUT2D eigenvalue weighted by atomic mass is 10.2. The molecule has 0 amide bonds. The van der Waals surface area contributed by atoms with Crippen LogP contribution in [0.1, 0.15) is 30.4 Å². The van der Waals surface area contributed by atoms with Crippen molar-refractivity contribution in [2.75, 3.05) is 0 Å². The van der Waals surface area contributed by atoms with Gasteiger partial charge >= 0.3 is 0 Å². The van der Waals surface area contributed by atoms with Gasteiger partial charge in [0.25, 0.3) is 0 Å². The summed E-state index contributed by atoms with van der Waals surface area (Å²) in [5.74, 6) is 1.66. The Morgan fingerprint density at radius 3 is 2.82 bits per heavy atom. The van der Waals surface area contributed by atoms with Gasteiger partial charge in [0.05, 0.1) is 0 Å². The highest BCUT2D eigenvalue weighted by Gasteiger charge is 2.08. The third-order valence-corrected chi connectivity index (χ3v) is 2.69. The van der Waals surface area contributed by atoms with Gasteiger partial charge in [-0.2, -0.15) is 0 Å². The van der Waals surface area contributed by atoms with Crippen molar-refractivity contribution in [3.8, 4) is 5.95 Å².